The van der Waals surface area contributed by atoms with Crippen molar-refractivity contribution in [3.63, 3.8) is 0 Å². The summed E-state index contributed by atoms with van der Waals surface area (Å²) in [5.74, 6) is 0. The monoisotopic (exact) mass is 244 g/mol. The van der Waals surface area contributed by atoms with E-state index in [4.69, 9.17) is 17.3 Å². The van der Waals surface area contributed by atoms with Crippen molar-refractivity contribution in [2.45, 2.75) is 32.9 Å². The van der Waals surface area contributed by atoms with Crippen LogP contribution in [0.25, 0.3) is 0 Å². The van der Waals surface area contributed by atoms with Gasteiger partial charge in [-0.2, -0.15) is 5.10 Å². The highest BCUT2D eigenvalue weighted by Crippen LogP contribution is 2.15. The summed E-state index contributed by atoms with van der Waals surface area (Å²) >= 11 is 5.93. The Morgan fingerprint density at radius 3 is 2.75 bits per heavy atom. The van der Waals surface area contributed by atoms with Gasteiger partial charge >= 0.3 is 0 Å². The number of anilines is 1. The summed E-state index contributed by atoms with van der Waals surface area (Å²) in [5, 5.41) is 7.14. The molecule has 0 spiro atoms. The van der Waals surface area contributed by atoms with Crippen molar-refractivity contribution in [3.05, 3.63) is 21.6 Å². The molecule has 6 heteroatoms. The van der Waals surface area contributed by atoms with E-state index in [-0.39, 0.29) is 16.1 Å². The van der Waals surface area contributed by atoms with Crippen LogP contribution in [0.2, 0.25) is 5.02 Å². The number of hydrogen-bond acceptors (Lipinski definition) is 4. The SMILES string of the molecule is CCn1ncc(NCC(C)(C)N)c(Cl)c1=O. The fourth-order valence-corrected chi connectivity index (χ4v) is 1.35. The second-order valence-corrected chi connectivity index (χ2v) is 4.71. The molecular formula is C10H17ClN4O. The van der Waals surface area contributed by atoms with Crippen molar-refractivity contribution in [2.24, 2.45) is 5.73 Å². The minimum absolute atomic E-state index is 0.154. The number of hydrogen-bond donors (Lipinski definition) is 2. The molecule has 5 nitrogen and oxygen atoms in total. The van der Waals surface area contributed by atoms with E-state index < -0.39 is 0 Å². The topological polar surface area (TPSA) is 72.9 Å². The van der Waals surface area contributed by atoms with Gasteiger partial charge in [0.2, 0.25) is 0 Å². The summed E-state index contributed by atoms with van der Waals surface area (Å²) in [6.07, 6.45) is 1.54. The van der Waals surface area contributed by atoms with E-state index in [1.54, 1.807) is 6.20 Å². The first kappa shape index (κ1) is 13.0. The molecule has 0 aromatic carbocycles. The lowest BCUT2D eigenvalue weighted by molar-refractivity contribution is 0.548. The molecule has 0 fully saturated rings. The fourth-order valence-electron chi connectivity index (χ4n) is 1.14. The molecule has 90 valence electrons. The van der Waals surface area contributed by atoms with Gasteiger partial charge in [0.1, 0.15) is 5.02 Å². The molecule has 0 bridgehead atoms. The molecule has 0 atom stereocenters. The summed E-state index contributed by atoms with van der Waals surface area (Å²) in [7, 11) is 0. The van der Waals surface area contributed by atoms with Crippen LogP contribution >= 0.6 is 11.6 Å². The molecule has 16 heavy (non-hydrogen) atoms. The number of aromatic nitrogens is 2. The van der Waals surface area contributed by atoms with Crippen LogP contribution in [0.4, 0.5) is 5.69 Å². The highest BCUT2D eigenvalue weighted by molar-refractivity contribution is 6.32. The molecule has 0 aliphatic rings. The van der Waals surface area contributed by atoms with Gasteiger partial charge in [-0.15, -0.1) is 0 Å². The predicted octanol–water partition coefficient (Wildman–Crippen LogP) is 1.07. The van der Waals surface area contributed by atoms with Gasteiger partial charge in [-0.3, -0.25) is 4.79 Å². The molecule has 3 N–H and O–H groups in total. The van der Waals surface area contributed by atoms with E-state index in [1.165, 1.54) is 4.68 Å². The van der Waals surface area contributed by atoms with Crippen LogP contribution in [-0.4, -0.2) is 21.9 Å². The minimum atomic E-state index is -0.372. The summed E-state index contributed by atoms with van der Waals surface area (Å²) < 4.78 is 1.31. The smallest absolute Gasteiger partial charge is 0.287 e. The molecule has 1 aromatic rings. The largest absolute Gasteiger partial charge is 0.381 e. The predicted molar refractivity (Wildman–Crippen MR) is 65.9 cm³/mol. The third kappa shape index (κ3) is 3.21. The third-order valence-corrected chi connectivity index (χ3v) is 2.38. The quantitative estimate of drug-likeness (QED) is 0.831. The minimum Gasteiger partial charge on any atom is -0.381 e. The van der Waals surface area contributed by atoms with Crippen LogP contribution in [0, 0.1) is 0 Å². The highest BCUT2D eigenvalue weighted by atomic mass is 35.5. The molecular weight excluding hydrogens is 228 g/mol. The van der Waals surface area contributed by atoms with Crippen LogP contribution < -0.4 is 16.6 Å². The zero-order valence-electron chi connectivity index (χ0n) is 9.75. The first-order valence-electron chi connectivity index (χ1n) is 5.13. The molecule has 1 aromatic heterocycles. The second kappa shape index (κ2) is 4.84. The second-order valence-electron chi connectivity index (χ2n) is 4.34. The Hall–Kier alpha value is -1.07. The van der Waals surface area contributed by atoms with E-state index >= 15 is 0 Å². The van der Waals surface area contributed by atoms with E-state index in [9.17, 15) is 4.79 Å². The number of nitrogens with two attached hydrogens (primary N) is 1. The Labute approximate surface area is 99.6 Å². The van der Waals surface area contributed by atoms with Crippen molar-refractivity contribution in [3.8, 4) is 0 Å². The lowest BCUT2D eigenvalue weighted by atomic mass is 10.1. The Morgan fingerprint density at radius 1 is 1.62 bits per heavy atom. The fraction of sp³-hybridized carbons (Fsp3) is 0.600. The van der Waals surface area contributed by atoms with Gasteiger partial charge < -0.3 is 11.1 Å². The van der Waals surface area contributed by atoms with Crippen molar-refractivity contribution in [2.75, 3.05) is 11.9 Å². The standard InChI is InChI=1S/C10H17ClN4O/c1-4-15-9(16)8(11)7(5-14-15)13-6-10(2,3)12/h5,13H,4,6,12H2,1-3H3. The Bertz CT molecular complexity index is 422. The summed E-state index contributed by atoms with van der Waals surface area (Å²) in [6, 6.07) is 0. The van der Waals surface area contributed by atoms with E-state index in [0.29, 0.717) is 18.8 Å². The van der Waals surface area contributed by atoms with Crippen molar-refractivity contribution in [1.29, 1.82) is 0 Å². The molecule has 0 saturated carbocycles. The number of halogens is 1. The number of aryl methyl sites for hydroxylation is 1. The molecule has 1 heterocycles. The average molecular weight is 245 g/mol. The first-order chi connectivity index (χ1) is 7.35. The van der Waals surface area contributed by atoms with E-state index in [2.05, 4.69) is 10.4 Å². The summed E-state index contributed by atoms with van der Waals surface area (Å²) in [4.78, 5) is 11.6. The van der Waals surface area contributed by atoms with Crippen LogP contribution in [0.1, 0.15) is 20.8 Å². The third-order valence-electron chi connectivity index (χ3n) is 2.02. The molecule has 0 unspecified atom stereocenters. The molecule has 0 aliphatic carbocycles. The summed E-state index contributed by atoms with van der Waals surface area (Å²) in [5.41, 5.74) is 5.68. The Kier molecular flexibility index (Phi) is 3.93. The van der Waals surface area contributed by atoms with Gasteiger partial charge in [-0.25, -0.2) is 4.68 Å². The summed E-state index contributed by atoms with van der Waals surface area (Å²) in [6.45, 7) is 6.62. The van der Waals surface area contributed by atoms with Gasteiger partial charge in [0, 0.05) is 18.6 Å². The zero-order chi connectivity index (χ0) is 12.3. The molecule has 0 aliphatic heterocycles. The maximum Gasteiger partial charge on any atom is 0.287 e. The normalized spacial score (nSPS) is 11.6. The van der Waals surface area contributed by atoms with E-state index in [1.807, 2.05) is 20.8 Å². The van der Waals surface area contributed by atoms with Gasteiger partial charge in [0.15, 0.2) is 0 Å². The van der Waals surface area contributed by atoms with Gasteiger partial charge in [0.25, 0.3) is 5.56 Å². The van der Waals surface area contributed by atoms with Crippen molar-refractivity contribution < 1.29 is 0 Å². The average Bonchev–Trinajstić information content (AvgIpc) is 2.19. The number of nitrogens with one attached hydrogen (secondary N) is 1. The number of rotatable bonds is 4. The van der Waals surface area contributed by atoms with Crippen molar-refractivity contribution >= 4 is 17.3 Å². The maximum absolute atomic E-state index is 11.6. The van der Waals surface area contributed by atoms with Gasteiger partial charge in [-0.1, -0.05) is 11.6 Å². The van der Waals surface area contributed by atoms with Crippen LogP contribution in [-0.2, 0) is 6.54 Å². The van der Waals surface area contributed by atoms with Crippen molar-refractivity contribution in [1.82, 2.24) is 9.78 Å². The van der Waals surface area contributed by atoms with Gasteiger partial charge in [0.05, 0.1) is 11.9 Å². The van der Waals surface area contributed by atoms with E-state index in [0.717, 1.165) is 0 Å². The Morgan fingerprint density at radius 2 is 2.25 bits per heavy atom. The molecule has 0 radical (unpaired) electrons. The van der Waals surface area contributed by atoms with Crippen LogP contribution in [0.5, 0.6) is 0 Å². The van der Waals surface area contributed by atoms with Crippen LogP contribution in [0.3, 0.4) is 0 Å². The number of nitrogens with zero attached hydrogens (tertiary/aromatic N) is 2. The Balaban J connectivity index is 2.91. The molecule has 0 saturated heterocycles. The lowest BCUT2D eigenvalue weighted by Gasteiger charge is -2.20. The maximum atomic E-state index is 11.6. The van der Waals surface area contributed by atoms with Gasteiger partial charge in [-0.05, 0) is 20.8 Å². The first-order valence-corrected chi connectivity index (χ1v) is 5.51. The highest BCUT2D eigenvalue weighted by Gasteiger charge is 2.13. The molecule has 1 rings (SSSR count). The lowest BCUT2D eigenvalue weighted by Crippen LogP contribution is -2.40. The zero-order valence-corrected chi connectivity index (χ0v) is 10.5. The molecule has 0 amide bonds. The van der Waals surface area contributed by atoms with Crippen LogP contribution in [0.15, 0.2) is 11.0 Å².